The van der Waals surface area contributed by atoms with Crippen LogP contribution in [0.1, 0.15) is 17.7 Å². The summed E-state index contributed by atoms with van der Waals surface area (Å²) in [6.07, 6.45) is 2.06. The quantitative estimate of drug-likeness (QED) is 0.695. The summed E-state index contributed by atoms with van der Waals surface area (Å²) in [5.74, 6) is -0.223. The highest BCUT2D eigenvalue weighted by molar-refractivity contribution is 6.30. The molecule has 0 aliphatic carbocycles. The van der Waals surface area contributed by atoms with E-state index >= 15 is 0 Å². The standard InChI is InChI=1S/C20H18ClN5O2/c21-15-6-4-5-14(9-15)10-16-11-19(28-25-16)20(27)22-12-17-13-23-26(24-17)18-7-2-1-3-8-18/h1-9,13,19H,10-12H2,(H,22,27)/t19-/m1/s1. The Morgan fingerprint density at radius 2 is 2.07 bits per heavy atom. The zero-order valence-electron chi connectivity index (χ0n) is 15.0. The van der Waals surface area contributed by atoms with E-state index in [-0.39, 0.29) is 12.5 Å². The fraction of sp³-hybridized carbons (Fsp3) is 0.200. The highest BCUT2D eigenvalue weighted by Gasteiger charge is 2.28. The Bertz CT molecular complexity index is 1000. The summed E-state index contributed by atoms with van der Waals surface area (Å²) in [6, 6.07) is 17.1. The molecule has 142 valence electrons. The average molecular weight is 396 g/mol. The molecular formula is C20H18ClN5O2. The van der Waals surface area contributed by atoms with Crippen LogP contribution in [0.3, 0.4) is 0 Å². The third-order valence-corrected chi connectivity index (χ3v) is 4.52. The van der Waals surface area contributed by atoms with Crippen LogP contribution in [-0.2, 0) is 22.6 Å². The Morgan fingerprint density at radius 3 is 2.89 bits per heavy atom. The van der Waals surface area contributed by atoms with E-state index in [1.54, 1.807) is 6.20 Å². The van der Waals surface area contributed by atoms with Crippen LogP contribution in [0.5, 0.6) is 0 Å². The molecule has 0 bridgehead atoms. The lowest BCUT2D eigenvalue weighted by molar-refractivity contribution is -0.131. The van der Waals surface area contributed by atoms with E-state index in [1.807, 2.05) is 54.6 Å². The largest absolute Gasteiger partial charge is 0.382 e. The van der Waals surface area contributed by atoms with Gasteiger partial charge in [-0.15, -0.1) is 0 Å². The molecule has 0 saturated heterocycles. The first-order valence-electron chi connectivity index (χ1n) is 8.88. The lowest BCUT2D eigenvalue weighted by atomic mass is 10.0. The number of nitrogens with zero attached hydrogens (tertiary/aromatic N) is 4. The molecule has 0 spiro atoms. The van der Waals surface area contributed by atoms with Crippen molar-refractivity contribution in [2.24, 2.45) is 5.16 Å². The normalized spacial score (nSPS) is 15.8. The van der Waals surface area contributed by atoms with Crippen molar-refractivity contribution in [3.05, 3.63) is 77.1 Å². The fourth-order valence-corrected chi connectivity index (χ4v) is 3.12. The number of benzene rings is 2. The molecule has 1 aromatic heterocycles. The van der Waals surface area contributed by atoms with Gasteiger partial charge in [0, 0.05) is 17.9 Å². The maximum Gasteiger partial charge on any atom is 0.264 e. The molecule has 1 aliphatic rings. The van der Waals surface area contributed by atoms with E-state index in [2.05, 4.69) is 20.7 Å². The predicted octanol–water partition coefficient (Wildman–Crippen LogP) is 2.92. The van der Waals surface area contributed by atoms with Crippen molar-refractivity contribution in [3.63, 3.8) is 0 Å². The minimum atomic E-state index is -0.627. The van der Waals surface area contributed by atoms with Crippen molar-refractivity contribution in [2.45, 2.75) is 25.5 Å². The number of nitrogens with one attached hydrogen (secondary N) is 1. The Kier molecular flexibility index (Phi) is 5.34. The molecule has 4 rings (SSSR count). The maximum absolute atomic E-state index is 12.4. The Labute approximate surface area is 167 Å². The summed E-state index contributed by atoms with van der Waals surface area (Å²) in [5, 5.41) is 16.1. The van der Waals surface area contributed by atoms with Gasteiger partial charge in [0.1, 0.15) is 5.69 Å². The van der Waals surface area contributed by atoms with Crippen molar-refractivity contribution in [2.75, 3.05) is 0 Å². The molecule has 0 unspecified atom stereocenters. The highest BCUT2D eigenvalue weighted by Crippen LogP contribution is 2.17. The second-order valence-corrected chi connectivity index (χ2v) is 6.88. The molecule has 0 radical (unpaired) electrons. The summed E-state index contributed by atoms with van der Waals surface area (Å²) in [7, 11) is 0. The third kappa shape index (κ3) is 4.37. The molecule has 1 aliphatic heterocycles. The predicted molar refractivity (Wildman–Crippen MR) is 105 cm³/mol. The zero-order valence-corrected chi connectivity index (χ0v) is 15.7. The molecule has 1 N–H and O–H groups in total. The van der Waals surface area contributed by atoms with Gasteiger partial charge >= 0.3 is 0 Å². The van der Waals surface area contributed by atoms with E-state index in [9.17, 15) is 4.79 Å². The molecular weight excluding hydrogens is 378 g/mol. The number of rotatable bonds is 6. The smallest absolute Gasteiger partial charge is 0.264 e. The topological polar surface area (TPSA) is 81.4 Å². The number of hydrogen-bond donors (Lipinski definition) is 1. The van der Waals surface area contributed by atoms with Gasteiger partial charge in [0.25, 0.3) is 5.91 Å². The van der Waals surface area contributed by atoms with Gasteiger partial charge < -0.3 is 10.2 Å². The number of aromatic nitrogens is 3. The van der Waals surface area contributed by atoms with Crippen LogP contribution < -0.4 is 5.32 Å². The first kappa shape index (κ1) is 18.2. The van der Waals surface area contributed by atoms with Gasteiger partial charge in [0.15, 0.2) is 0 Å². The molecule has 3 aromatic rings. The molecule has 0 fully saturated rings. The highest BCUT2D eigenvalue weighted by atomic mass is 35.5. The van der Waals surface area contributed by atoms with E-state index in [0.717, 1.165) is 17.0 Å². The average Bonchev–Trinajstić information content (AvgIpc) is 3.37. The van der Waals surface area contributed by atoms with Crippen LogP contribution in [0.25, 0.3) is 5.69 Å². The van der Waals surface area contributed by atoms with Crippen molar-refractivity contribution < 1.29 is 9.63 Å². The molecule has 7 nitrogen and oxygen atoms in total. The van der Waals surface area contributed by atoms with Crippen molar-refractivity contribution in [1.29, 1.82) is 0 Å². The van der Waals surface area contributed by atoms with E-state index in [1.165, 1.54) is 4.80 Å². The van der Waals surface area contributed by atoms with E-state index in [0.29, 0.717) is 23.6 Å². The van der Waals surface area contributed by atoms with Gasteiger partial charge in [-0.25, -0.2) is 0 Å². The molecule has 2 heterocycles. The number of para-hydroxylation sites is 1. The second-order valence-electron chi connectivity index (χ2n) is 6.44. The van der Waals surface area contributed by atoms with Gasteiger partial charge in [0.2, 0.25) is 6.10 Å². The van der Waals surface area contributed by atoms with E-state index in [4.69, 9.17) is 16.4 Å². The van der Waals surface area contributed by atoms with Gasteiger partial charge in [0.05, 0.1) is 24.1 Å². The molecule has 8 heteroatoms. The monoisotopic (exact) mass is 395 g/mol. The van der Waals surface area contributed by atoms with Crippen LogP contribution in [0, 0.1) is 0 Å². The van der Waals surface area contributed by atoms with Gasteiger partial charge in [-0.2, -0.15) is 15.0 Å². The first-order chi connectivity index (χ1) is 13.7. The number of halogens is 1. The summed E-state index contributed by atoms with van der Waals surface area (Å²) in [4.78, 5) is 19.2. The van der Waals surface area contributed by atoms with Crippen molar-refractivity contribution in [1.82, 2.24) is 20.3 Å². The minimum Gasteiger partial charge on any atom is -0.382 e. The molecule has 2 aromatic carbocycles. The minimum absolute atomic E-state index is 0.223. The summed E-state index contributed by atoms with van der Waals surface area (Å²) in [6.45, 7) is 0.273. The van der Waals surface area contributed by atoms with Crippen LogP contribution in [0.4, 0.5) is 0 Å². The maximum atomic E-state index is 12.4. The van der Waals surface area contributed by atoms with Crippen LogP contribution in [-0.4, -0.2) is 32.7 Å². The lowest BCUT2D eigenvalue weighted by Crippen LogP contribution is -2.34. The fourth-order valence-electron chi connectivity index (χ4n) is 2.91. The van der Waals surface area contributed by atoms with Gasteiger partial charge in [-0.3, -0.25) is 4.79 Å². The zero-order chi connectivity index (χ0) is 19.3. The SMILES string of the molecule is O=C(NCc1cnn(-c2ccccc2)n1)[C@H]1CC(Cc2cccc(Cl)c2)=NO1. The lowest BCUT2D eigenvalue weighted by Gasteiger charge is -2.08. The van der Waals surface area contributed by atoms with Crippen molar-refractivity contribution >= 4 is 23.2 Å². The number of hydrogen-bond acceptors (Lipinski definition) is 5. The molecule has 28 heavy (non-hydrogen) atoms. The number of oxime groups is 1. The molecule has 0 saturated carbocycles. The summed E-state index contributed by atoms with van der Waals surface area (Å²) in [5.41, 5.74) is 3.37. The first-order valence-corrected chi connectivity index (χ1v) is 9.25. The van der Waals surface area contributed by atoms with Crippen molar-refractivity contribution in [3.8, 4) is 5.69 Å². The van der Waals surface area contributed by atoms with Crippen LogP contribution in [0.15, 0.2) is 65.9 Å². The Balaban J connectivity index is 1.28. The Morgan fingerprint density at radius 1 is 1.21 bits per heavy atom. The number of carbonyl (C=O) groups excluding carboxylic acids is 1. The van der Waals surface area contributed by atoms with E-state index < -0.39 is 6.10 Å². The number of carbonyl (C=O) groups is 1. The number of amides is 1. The molecule has 1 amide bonds. The third-order valence-electron chi connectivity index (χ3n) is 4.29. The van der Waals surface area contributed by atoms with Crippen LogP contribution in [0.2, 0.25) is 5.02 Å². The summed E-state index contributed by atoms with van der Waals surface area (Å²) < 4.78 is 0. The second kappa shape index (κ2) is 8.22. The molecule has 1 atom stereocenters. The Hall–Kier alpha value is -3.19. The van der Waals surface area contributed by atoms with Gasteiger partial charge in [-0.05, 0) is 29.8 Å². The van der Waals surface area contributed by atoms with Gasteiger partial charge in [-0.1, -0.05) is 47.1 Å². The summed E-state index contributed by atoms with van der Waals surface area (Å²) >= 11 is 6.00. The van der Waals surface area contributed by atoms with Crippen LogP contribution >= 0.6 is 11.6 Å².